The van der Waals surface area contributed by atoms with Gasteiger partial charge in [0.2, 0.25) is 0 Å². The zero-order valence-electron chi connectivity index (χ0n) is 21.3. The molecule has 0 fully saturated rings. The summed E-state index contributed by atoms with van der Waals surface area (Å²) in [4.78, 5) is 18.6. The third kappa shape index (κ3) is 106. The Hall–Kier alpha value is 2.01. The molecule has 0 heterocycles. The van der Waals surface area contributed by atoms with E-state index in [2.05, 4.69) is 83.8 Å². The Kier molecular flexibility index (Phi) is 79.4. The van der Waals surface area contributed by atoms with Crippen molar-refractivity contribution in [3.8, 4) is 0 Å². The SMILES string of the molecule is C=CC[CH-]CCCC.C=CC[CH-]CCCC.C=CC[CH-]CCCC.[O-]P([O-])(=S)[S-].[Zn+2].[Zn+2].[Zn+2]. The molecule has 0 aliphatic heterocycles. The smallest absolute Gasteiger partial charge is 0.850 e. The monoisotopic (exact) mass is 652 g/mol. The number of hydrogen-bond donors (Lipinski definition) is 0. The molecule has 0 radical (unpaired) electrons. The quantitative estimate of drug-likeness (QED) is 0.0462. The molecule has 0 spiro atoms. The number of rotatable bonds is 15. The minimum atomic E-state index is -3.72. The predicted molar refractivity (Wildman–Crippen MR) is 138 cm³/mol. The fourth-order valence-corrected chi connectivity index (χ4v) is 1.75. The van der Waals surface area contributed by atoms with Crippen LogP contribution >= 0.6 is 5.69 Å². The van der Waals surface area contributed by atoms with Crippen LogP contribution in [-0.2, 0) is 82.5 Å². The maximum absolute atomic E-state index is 9.29. The molecule has 0 aliphatic rings. The van der Waals surface area contributed by atoms with E-state index in [9.17, 15) is 9.79 Å². The minimum absolute atomic E-state index is 0. The molecule has 0 rings (SSSR count). The summed E-state index contributed by atoms with van der Waals surface area (Å²) in [7, 11) is 0. The summed E-state index contributed by atoms with van der Waals surface area (Å²) in [6, 6.07) is 0. The maximum Gasteiger partial charge on any atom is 2.00 e. The van der Waals surface area contributed by atoms with Crippen molar-refractivity contribution in [1.29, 1.82) is 0 Å². The van der Waals surface area contributed by atoms with Gasteiger partial charge < -0.3 is 47.0 Å². The zero-order chi connectivity index (χ0) is 23.2. The molecule has 0 unspecified atom stereocenters. The summed E-state index contributed by atoms with van der Waals surface area (Å²) in [5, 5.41) is 0. The van der Waals surface area contributed by atoms with Crippen LogP contribution in [0.25, 0.3) is 0 Å². The van der Waals surface area contributed by atoms with Gasteiger partial charge in [-0.25, -0.2) is 0 Å². The van der Waals surface area contributed by atoms with Crippen LogP contribution in [0, 0.1) is 19.3 Å². The molecule has 0 atom stereocenters. The Morgan fingerprint density at radius 3 is 1.00 bits per heavy atom. The summed E-state index contributed by atoms with van der Waals surface area (Å²) in [6.45, 7) is 17.5. The Morgan fingerprint density at radius 1 is 0.688 bits per heavy atom. The van der Waals surface area contributed by atoms with Gasteiger partial charge in [0.1, 0.15) is 0 Å². The van der Waals surface area contributed by atoms with Crippen molar-refractivity contribution >= 4 is 29.7 Å². The minimum Gasteiger partial charge on any atom is -0.850 e. The topological polar surface area (TPSA) is 46.1 Å². The second-order valence-corrected chi connectivity index (χ2v) is 10.8. The summed E-state index contributed by atoms with van der Waals surface area (Å²) >= 11 is 7.28. The molecule has 32 heavy (non-hydrogen) atoms. The maximum atomic E-state index is 9.29. The first-order valence-corrected chi connectivity index (χ1v) is 14.4. The molecule has 0 aromatic rings. The zero-order valence-corrected chi connectivity index (χ0v) is 32.7. The van der Waals surface area contributed by atoms with E-state index in [4.69, 9.17) is 0 Å². The van der Waals surface area contributed by atoms with Crippen LogP contribution in [-0.4, -0.2) is 0 Å². The van der Waals surface area contributed by atoms with Gasteiger partial charge in [0, 0.05) is 0 Å². The predicted octanol–water partition coefficient (Wildman–Crippen LogP) is 7.34. The van der Waals surface area contributed by atoms with Crippen LogP contribution in [0.5, 0.6) is 0 Å². The van der Waals surface area contributed by atoms with Crippen LogP contribution < -0.4 is 9.79 Å². The summed E-state index contributed by atoms with van der Waals surface area (Å²) in [5.74, 6) is 0. The molecule has 0 saturated heterocycles. The third-order valence-electron chi connectivity index (χ3n) is 3.29. The van der Waals surface area contributed by atoms with Gasteiger partial charge in [0.15, 0.2) is 0 Å². The third-order valence-corrected chi connectivity index (χ3v) is 3.29. The van der Waals surface area contributed by atoms with Crippen LogP contribution in [0.15, 0.2) is 38.0 Å². The van der Waals surface area contributed by atoms with Gasteiger partial charge >= 0.3 is 58.4 Å². The normalized spacial score (nSPS) is 8.69. The molecule has 176 valence electrons. The molecule has 0 aromatic carbocycles. The van der Waals surface area contributed by atoms with Crippen molar-refractivity contribution in [2.24, 2.45) is 0 Å². The van der Waals surface area contributed by atoms with Crippen LogP contribution in [0.3, 0.4) is 0 Å². The Labute approximate surface area is 251 Å². The average molecular weight is 657 g/mol. The van der Waals surface area contributed by atoms with E-state index in [0.717, 1.165) is 19.3 Å². The molecular formula is C24H45O2PS2Zn3. The molecule has 0 N–H and O–H groups in total. The standard InChI is InChI=1S/3C8H15.H3O2PS2.3Zn/c3*1-3-5-7-8-6-4-2;1-3(2,4)5;;;/h3*3,7H,1,4-6,8H2,2H3;(H3,1,2,4,5);;;/q3*-1;;3*+2/p-3. The first-order chi connectivity index (χ1) is 13.7. The first-order valence-electron chi connectivity index (χ1n) is 10.8. The van der Waals surface area contributed by atoms with Gasteiger partial charge in [0.25, 0.3) is 0 Å². The van der Waals surface area contributed by atoms with E-state index in [1.165, 1.54) is 57.8 Å². The van der Waals surface area contributed by atoms with E-state index in [-0.39, 0.29) is 58.4 Å². The van der Waals surface area contributed by atoms with Gasteiger partial charge in [-0.2, -0.15) is 50.3 Å². The molecule has 8 heteroatoms. The Morgan fingerprint density at radius 2 is 0.875 bits per heavy atom. The molecule has 0 saturated carbocycles. The van der Waals surface area contributed by atoms with Gasteiger partial charge in [-0.3, -0.25) is 0 Å². The second-order valence-electron chi connectivity index (χ2n) is 6.31. The second kappa shape index (κ2) is 50.0. The number of allylic oxidation sites excluding steroid dienone is 3. The van der Waals surface area contributed by atoms with Crippen LogP contribution in [0.4, 0.5) is 0 Å². The van der Waals surface area contributed by atoms with Crippen LogP contribution in [0.1, 0.15) is 97.8 Å². The van der Waals surface area contributed by atoms with E-state index in [0.29, 0.717) is 0 Å². The van der Waals surface area contributed by atoms with Gasteiger partial charge in [-0.05, 0) is 0 Å². The first kappa shape index (κ1) is 50.8. The van der Waals surface area contributed by atoms with Crippen molar-refractivity contribution in [3.05, 3.63) is 57.2 Å². The van der Waals surface area contributed by atoms with E-state index >= 15 is 0 Å². The van der Waals surface area contributed by atoms with Crippen molar-refractivity contribution in [3.63, 3.8) is 0 Å². The van der Waals surface area contributed by atoms with Gasteiger partial charge in [0.05, 0.1) is 0 Å². The van der Waals surface area contributed by atoms with Crippen molar-refractivity contribution in [1.82, 2.24) is 0 Å². The summed E-state index contributed by atoms with van der Waals surface area (Å²) in [5.41, 5.74) is -3.72. The molecular weight excluding hydrogens is 612 g/mol. The number of unbranched alkanes of at least 4 members (excludes halogenated alkanes) is 12. The van der Waals surface area contributed by atoms with Crippen molar-refractivity contribution in [2.75, 3.05) is 0 Å². The summed E-state index contributed by atoms with van der Waals surface area (Å²) < 4.78 is 0. The summed E-state index contributed by atoms with van der Waals surface area (Å²) in [6.07, 6.45) is 27.5. The molecule has 2 nitrogen and oxygen atoms in total. The van der Waals surface area contributed by atoms with Crippen molar-refractivity contribution in [2.45, 2.75) is 97.8 Å². The fourth-order valence-electron chi connectivity index (χ4n) is 1.75. The molecule has 0 aromatic heterocycles. The van der Waals surface area contributed by atoms with E-state index in [1.807, 2.05) is 18.2 Å². The fraction of sp³-hybridized carbons (Fsp3) is 0.625. The van der Waals surface area contributed by atoms with E-state index in [1.54, 1.807) is 0 Å². The molecule has 0 aliphatic carbocycles. The molecule has 0 bridgehead atoms. The van der Waals surface area contributed by atoms with Crippen LogP contribution in [0.2, 0.25) is 0 Å². The van der Waals surface area contributed by atoms with E-state index < -0.39 is 5.69 Å². The van der Waals surface area contributed by atoms with Crippen molar-refractivity contribution < 1.29 is 68.2 Å². The Balaban J connectivity index is -0.0000000512. The number of hydrogen-bond acceptors (Lipinski definition) is 4. The van der Waals surface area contributed by atoms with Gasteiger partial charge in [-0.15, -0.1) is 38.0 Å². The largest absolute Gasteiger partial charge is 2.00 e. The average Bonchev–Trinajstić information content (AvgIpc) is 2.66. The molecule has 0 amide bonds. The van der Waals surface area contributed by atoms with Gasteiger partial charge in [-0.1, -0.05) is 59.3 Å². The Bertz CT molecular complexity index is 323.